The van der Waals surface area contributed by atoms with Crippen LogP contribution in [0.2, 0.25) is 0 Å². The van der Waals surface area contributed by atoms with Crippen LogP contribution in [0, 0.1) is 0 Å². The molecule has 126 valence electrons. The maximum Gasteiger partial charge on any atom is 0.410 e. The Balaban J connectivity index is 2.00. The molecule has 0 aliphatic carbocycles. The fourth-order valence-electron chi connectivity index (χ4n) is 2.48. The average Bonchev–Trinajstić information content (AvgIpc) is 2.96. The van der Waals surface area contributed by atoms with E-state index in [9.17, 15) is 9.59 Å². The Kier molecular flexibility index (Phi) is 5.57. The summed E-state index contributed by atoms with van der Waals surface area (Å²) in [7, 11) is 0. The van der Waals surface area contributed by atoms with Crippen LogP contribution in [0.5, 0.6) is 0 Å². The van der Waals surface area contributed by atoms with Crippen LogP contribution in [0.3, 0.4) is 0 Å². The Bertz CT molecular complexity index is 566. The van der Waals surface area contributed by atoms with Crippen molar-refractivity contribution in [2.45, 2.75) is 50.2 Å². The zero-order valence-corrected chi connectivity index (χ0v) is 14.9. The first-order valence-corrected chi connectivity index (χ1v) is 8.97. The molecule has 1 heterocycles. The summed E-state index contributed by atoms with van der Waals surface area (Å²) in [6.45, 7) is 6.02. The van der Waals surface area contributed by atoms with E-state index in [0.29, 0.717) is 13.0 Å². The van der Waals surface area contributed by atoms with Gasteiger partial charge in [-0.05, 0) is 64.1 Å². The number of benzene rings is 1. The number of anilines is 1. The van der Waals surface area contributed by atoms with Crippen molar-refractivity contribution in [1.82, 2.24) is 4.90 Å². The molecule has 1 aliphatic rings. The third-order valence-corrected chi connectivity index (χ3v) is 4.28. The highest BCUT2D eigenvalue weighted by atomic mass is 32.2. The molecule has 0 saturated carbocycles. The Hall–Kier alpha value is -1.69. The quantitative estimate of drug-likeness (QED) is 0.854. The van der Waals surface area contributed by atoms with Crippen LogP contribution in [0.25, 0.3) is 0 Å². The van der Waals surface area contributed by atoms with Gasteiger partial charge in [0.25, 0.3) is 0 Å². The van der Waals surface area contributed by atoms with Crippen LogP contribution in [0.1, 0.15) is 33.6 Å². The number of rotatable bonds is 3. The largest absolute Gasteiger partial charge is 0.444 e. The first-order valence-electron chi connectivity index (χ1n) is 7.75. The van der Waals surface area contributed by atoms with Crippen LogP contribution in [0.15, 0.2) is 29.2 Å². The van der Waals surface area contributed by atoms with Gasteiger partial charge in [-0.1, -0.05) is 0 Å². The van der Waals surface area contributed by atoms with Crippen LogP contribution >= 0.6 is 11.8 Å². The number of likely N-dealkylation sites (tertiary alicyclic amines) is 1. The maximum absolute atomic E-state index is 12.5. The average molecular weight is 336 g/mol. The molecule has 1 saturated heterocycles. The Labute approximate surface area is 141 Å². The SMILES string of the molecule is CSc1ccc(NC(=O)[C@@H]2CCCN2C(=O)OC(C)(C)C)cc1. The van der Waals surface area contributed by atoms with Gasteiger partial charge in [0.2, 0.25) is 5.91 Å². The summed E-state index contributed by atoms with van der Waals surface area (Å²) in [5.74, 6) is -0.162. The van der Waals surface area contributed by atoms with E-state index >= 15 is 0 Å². The molecule has 23 heavy (non-hydrogen) atoms. The van der Waals surface area contributed by atoms with Crippen LogP contribution < -0.4 is 5.32 Å². The molecule has 2 rings (SSSR count). The minimum atomic E-state index is -0.561. The van der Waals surface area contributed by atoms with Crippen LogP contribution in [-0.2, 0) is 9.53 Å². The fraction of sp³-hybridized carbons (Fsp3) is 0.529. The molecule has 5 nitrogen and oxygen atoms in total. The second kappa shape index (κ2) is 7.25. The summed E-state index contributed by atoms with van der Waals surface area (Å²) in [4.78, 5) is 27.4. The third kappa shape index (κ3) is 4.89. The van der Waals surface area contributed by atoms with E-state index in [1.165, 1.54) is 4.90 Å². The second-order valence-corrected chi connectivity index (χ2v) is 7.43. The molecule has 2 amide bonds. The lowest BCUT2D eigenvalue weighted by atomic mass is 10.2. The minimum absolute atomic E-state index is 0.162. The molecule has 0 unspecified atom stereocenters. The van der Waals surface area contributed by atoms with Crippen molar-refractivity contribution >= 4 is 29.4 Å². The zero-order valence-electron chi connectivity index (χ0n) is 14.1. The molecule has 0 bridgehead atoms. The first-order chi connectivity index (χ1) is 10.8. The van der Waals surface area contributed by atoms with Gasteiger partial charge < -0.3 is 10.1 Å². The molecule has 6 heteroatoms. The van der Waals surface area contributed by atoms with E-state index in [2.05, 4.69) is 5.32 Å². The summed E-state index contributed by atoms with van der Waals surface area (Å²) in [6, 6.07) is 7.19. The lowest BCUT2D eigenvalue weighted by Crippen LogP contribution is -2.45. The highest BCUT2D eigenvalue weighted by molar-refractivity contribution is 7.98. The molecule has 1 aliphatic heterocycles. The van der Waals surface area contributed by atoms with Crippen molar-refractivity contribution in [2.24, 2.45) is 0 Å². The maximum atomic E-state index is 12.5. The molecule has 1 N–H and O–H groups in total. The predicted molar refractivity (Wildman–Crippen MR) is 92.8 cm³/mol. The summed E-state index contributed by atoms with van der Waals surface area (Å²) in [5.41, 5.74) is 0.179. The molecule has 1 aromatic rings. The van der Waals surface area contributed by atoms with Crippen molar-refractivity contribution in [3.05, 3.63) is 24.3 Å². The van der Waals surface area contributed by atoms with Gasteiger partial charge in [-0.3, -0.25) is 9.69 Å². The molecule has 1 fully saturated rings. The molecular weight excluding hydrogens is 312 g/mol. The van der Waals surface area contributed by atoms with Gasteiger partial charge in [0.15, 0.2) is 0 Å². The van der Waals surface area contributed by atoms with E-state index in [-0.39, 0.29) is 5.91 Å². The van der Waals surface area contributed by atoms with Gasteiger partial charge >= 0.3 is 6.09 Å². The van der Waals surface area contributed by atoms with Crippen LogP contribution in [0.4, 0.5) is 10.5 Å². The summed E-state index contributed by atoms with van der Waals surface area (Å²) in [5, 5.41) is 2.89. The Morgan fingerprint density at radius 1 is 1.26 bits per heavy atom. The van der Waals surface area contributed by atoms with Crippen molar-refractivity contribution in [3.8, 4) is 0 Å². The fourth-order valence-corrected chi connectivity index (χ4v) is 2.89. The van der Waals surface area contributed by atoms with Gasteiger partial charge in [-0.15, -0.1) is 11.8 Å². The van der Waals surface area contributed by atoms with Gasteiger partial charge in [-0.25, -0.2) is 4.79 Å². The minimum Gasteiger partial charge on any atom is -0.444 e. The number of thioether (sulfide) groups is 1. The van der Waals surface area contributed by atoms with Gasteiger partial charge in [-0.2, -0.15) is 0 Å². The molecule has 1 aromatic carbocycles. The van der Waals surface area contributed by atoms with Crippen LogP contribution in [-0.4, -0.2) is 41.3 Å². The van der Waals surface area contributed by atoms with Crippen molar-refractivity contribution in [1.29, 1.82) is 0 Å². The number of ether oxygens (including phenoxy) is 1. The number of nitrogens with zero attached hydrogens (tertiary/aromatic N) is 1. The summed E-state index contributed by atoms with van der Waals surface area (Å²) >= 11 is 1.65. The number of hydrogen-bond donors (Lipinski definition) is 1. The normalized spacial score (nSPS) is 17.9. The number of carbonyl (C=O) groups is 2. The molecular formula is C17H24N2O3S. The number of amides is 2. The second-order valence-electron chi connectivity index (χ2n) is 6.55. The molecule has 0 spiro atoms. The lowest BCUT2D eigenvalue weighted by molar-refractivity contribution is -0.120. The Morgan fingerprint density at radius 3 is 2.48 bits per heavy atom. The number of hydrogen-bond acceptors (Lipinski definition) is 4. The molecule has 0 aromatic heterocycles. The topological polar surface area (TPSA) is 58.6 Å². The van der Waals surface area contributed by atoms with Gasteiger partial charge in [0.05, 0.1) is 0 Å². The van der Waals surface area contributed by atoms with Gasteiger partial charge in [0, 0.05) is 17.1 Å². The van der Waals surface area contributed by atoms with E-state index in [1.54, 1.807) is 11.8 Å². The van der Waals surface area contributed by atoms with E-state index in [0.717, 1.165) is 17.0 Å². The lowest BCUT2D eigenvalue weighted by Gasteiger charge is -2.28. The first kappa shape index (κ1) is 17.7. The smallest absolute Gasteiger partial charge is 0.410 e. The molecule has 1 atom stereocenters. The monoisotopic (exact) mass is 336 g/mol. The third-order valence-electron chi connectivity index (χ3n) is 3.54. The summed E-state index contributed by atoms with van der Waals surface area (Å²) in [6.07, 6.45) is 3.05. The number of carbonyl (C=O) groups excluding carboxylic acids is 2. The standard InChI is InChI=1S/C17H24N2O3S/c1-17(2,3)22-16(21)19-11-5-6-14(19)15(20)18-12-7-9-13(23-4)10-8-12/h7-10,14H,5-6,11H2,1-4H3,(H,18,20)/t14-/m0/s1. The summed E-state index contributed by atoms with van der Waals surface area (Å²) < 4.78 is 5.39. The Morgan fingerprint density at radius 2 is 1.91 bits per heavy atom. The van der Waals surface area contributed by atoms with Crippen molar-refractivity contribution in [2.75, 3.05) is 18.1 Å². The highest BCUT2D eigenvalue weighted by Gasteiger charge is 2.36. The van der Waals surface area contributed by atoms with Crippen molar-refractivity contribution < 1.29 is 14.3 Å². The number of nitrogens with one attached hydrogen (secondary N) is 1. The van der Waals surface area contributed by atoms with E-state index in [4.69, 9.17) is 4.74 Å². The highest BCUT2D eigenvalue weighted by Crippen LogP contribution is 2.23. The van der Waals surface area contributed by atoms with E-state index < -0.39 is 17.7 Å². The van der Waals surface area contributed by atoms with Gasteiger partial charge in [0.1, 0.15) is 11.6 Å². The zero-order chi connectivity index (χ0) is 17.0. The predicted octanol–water partition coefficient (Wildman–Crippen LogP) is 3.75. The molecule has 0 radical (unpaired) electrons. The van der Waals surface area contributed by atoms with E-state index in [1.807, 2.05) is 51.3 Å². The van der Waals surface area contributed by atoms with Crippen molar-refractivity contribution in [3.63, 3.8) is 0 Å².